The zero-order valence-corrected chi connectivity index (χ0v) is 23.7. The minimum Gasteiger partial charge on any atom is -0.444 e. The van der Waals surface area contributed by atoms with Crippen molar-refractivity contribution in [2.24, 2.45) is 5.73 Å². The summed E-state index contributed by atoms with van der Waals surface area (Å²) in [7, 11) is 0. The van der Waals surface area contributed by atoms with E-state index in [4.69, 9.17) is 14.9 Å². The lowest BCUT2D eigenvalue weighted by molar-refractivity contribution is -0.108. The van der Waals surface area contributed by atoms with Gasteiger partial charge in [0.25, 0.3) is 0 Å². The molecule has 12 heteroatoms. The van der Waals surface area contributed by atoms with Crippen LogP contribution in [0.4, 0.5) is 20.6 Å². The first kappa shape index (κ1) is 32.7. The highest BCUT2D eigenvalue weighted by molar-refractivity contribution is 5.90. The predicted molar refractivity (Wildman–Crippen MR) is 156 cm³/mol. The number of halogens is 1. The number of piperazine rings is 1. The summed E-state index contributed by atoms with van der Waals surface area (Å²) in [4.78, 5) is 39.6. The molecule has 0 aliphatic carbocycles. The van der Waals surface area contributed by atoms with Crippen molar-refractivity contribution >= 4 is 36.4 Å². The number of primary amides is 1. The van der Waals surface area contributed by atoms with Crippen LogP contribution < -0.4 is 21.0 Å². The third-order valence-corrected chi connectivity index (χ3v) is 6.37. The molecule has 2 fully saturated rings. The third kappa shape index (κ3) is 9.89. The molecular weight excluding hydrogens is 529 g/mol. The zero-order chi connectivity index (χ0) is 30.2. The van der Waals surface area contributed by atoms with Crippen molar-refractivity contribution in [3.63, 3.8) is 0 Å². The van der Waals surface area contributed by atoms with Gasteiger partial charge in [-0.1, -0.05) is 32.9 Å². The summed E-state index contributed by atoms with van der Waals surface area (Å²) >= 11 is 0. The van der Waals surface area contributed by atoms with Crippen molar-refractivity contribution < 1.29 is 23.5 Å². The monoisotopic (exact) mass is 569 g/mol. The third-order valence-electron chi connectivity index (χ3n) is 6.37. The number of aromatic nitrogens is 2. The minimum absolute atomic E-state index is 0.131. The molecule has 1 aromatic heterocycles. The number of hydrogen-bond donors (Lipinski definition) is 2. The summed E-state index contributed by atoms with van der Waals surface area (Å²) in [6.45, 7) is 11.4. The quantitative estimate of drug-likeness (QED) is 0.441. The molecule has 2 saturated heterocycles. The molecule has 3 heterocycles. The van der Waals surface area contributed by atoms with Gasteiger partial charge < -0.3 is 29.6 Å². The van der Waals surface area contributed by atoms with Crippen LogP contribution in [-0.2, 0) is 14.3 Å². The summed E-state index contributed by atoms with van der Waals surface area (Å²) in [5.41, 5.74) is 6.55. The summed E-state index contributed by atoms with van der Waals surface area (Å²) in [6.07, 6.45) is 12.3. The number of allylic oxidation sites excluding steroid dienone is 1. The Morgan fingerprint density at radius 1 is 1.24 bits per heavy atom. The number of hydrogen-bond acceptors (Lipinski definition) is 8. The highest BCUT2D eigenvalue weighted by atomic mass is 19.1. The standard InChI is InChI=1S/C25H31FN6O2.C3H6O.CH3NO/c1-3-5-21-18-32(25(33)34-21)20-7-8-23(22(26)16-20)30-14-12-29(13-15-30)19(2)6-4-10-31-11-9-28-17-24(31)27;1-2-3-4;2-1-3/h4,7-11,16-17,21,27H,2-3,5-6,12-15,18H2,1H3;3H,2H2,1H3;1H,(H2,2,3)/b10-4+,27-24?;;. The van der Waals surface area contributed by atoms with E-state index < -0.39 is 6.09 Å². The molecule has 1 aromatic carbocycles. The first-order chi connectivity index (χ1) is 19.8. The highest BCUT2D eigenvalue weighted by Gasteiger charge is 2.32. The van der Waals surface area contributed by atoms with E-state index in [0.717, 1.165) is 37.9 Å². The first-order valence-electron chi connectivity index (χ1n) is 13.6. The van der Waals surface area contributed by atoms with Gasteiger partial charge in [-0.15, -0.1) is 0 Å². The van der Waals surface area contributed by atoms with Crippen LogP contribution in [0.3, 0.4) is 0 Å². The predicted octanol–water partition coefficient (Wildman–Crippen LogP) is 3.52. The Labute approximate surface area is 240 Å². The fourth-order valence-electron chi connectivity index (χ4n) is 4.32. The van der Waals surface area contributed by atoms with Crippen LogP contribution in [0.1, 0.15) is 39.5 Å². The average molecular weight is 570 g/mol. The molecule has 0 bridgehead atoms. The molecule has 0 spiro atoms. The summed E-state index contributed by atoms with van der Waals surface area (Å²) in [6, 6.07) is 4.97. The van der Waals surface area contributed by atoms with Gasteiger partial charge in [0, 0.05) is 63.3 Å². The number of aldehydes is 1. The summed E-state index contributed by atoms with van der Waals surface area (Å²) in [5, 5.41) is 7.83. The molecule has 2 aliphatic heterocycles. The lowest BCUT2D eigenvalue weighted by Crippen LogP contribution is -2.46. The molecule has 0 saturated carbocycles. The van der Waals surface area contributed by atoms with E-state index in [1.165, 1.54) is 17.2 Å². The van der Waals surface area contributed by atoms with Crippen molar-refractivity contribution in [3.8, 4) is 0 Å². The number of anilines is 2. The zero-order valence-electron chi connectivity index (χ0n) is 23.7. The second kappa shape index (κ2) is 17.3. The van der Waals surface area contributed by atoms with Crippen LogP contribution >= 0.6 is 0 Å². The number of nitrogens with one attached hydrogen (secondary N) is 1. The van der Waals surface area contributed by atoms with Crippen LogP contribution in [0.15, 0.2) is 55.1 Å². The molecule has 3 N–H and O–H groups in total. The number of amides is 2. The minimum atomic E-state index is -0.409. The number of benzene rings is 1. The molecule has 2 aromatic rings. The van der Waals surface area contributed by atoms with Crippen molar-refractivity contribution in [2.75, 3.05) is 42.5 Å². The van der Waals surface area contributed by atoms with Crippen LogP contribution in [0.2, 0.25) is 0 Å². The van der Waals surface area contributed by atoms with E-state index in [-0.39, 0.29) is 18.3 Å². The van der Waals surface area contributed by atoms with E-state index >= 15 is 0 Å². The summed E-state index contributed by atoms with van der Waals surface area (Å²) in [5.74, 6) is -0.333. The average Bonchev–Trinajstić information content (AvgIpc) is 3.34. The number of carbonyl (C=O) groups excluding carboxylic acids is 3. The van der Waals surface area contributed by atoms with Gasteiger partial charge in [0.2, 0.25) is 6.41 Å². The fourth-order valence-corrected chi connectivity index (χ4v) is 4.32. The van der Waals surface area contributed by atoms with Crippen LogP contribution in [-0.4, -0.2) is 72.1 Å². The van der Waals surface area contributed by atoms with Crippen molar-refractivity contribution in [1.29, 1.82) is 5.41 Å². The number of nitrogens with zero attached hydrogens (tertiary/aromatic N) is 5. The maximum absolute atomic E-state index is 15.0. The molecule has 222 valence electrons. The Morgan fingerprint density at radius 3 is 2.51 bits per heavy atom. The normalized spacial score (nSPS) is 16.3. The van der Waals surface area contributed by atoms with E-state index in [1.54, 1.807) is 29.1 Å². The fraction of sp³-hybridized carbons (Fsp3) is 0.414. The van der Waals surface area contributed by atoms with E-state index in [1.807, 2.05) is 31.0 Å². The second-order valence-corrected chi connectivity index (χ2v) is 9.25. The Bertz CT molecular complexity index is 1240. The number of ether oxygens (including phenoxy) is 1. The Hall–Kier alpha value is -4.48. The molecule has 11 nitrogen and oxygen atoms in total. The highest BCUT2D eigenvalue weighted by Crippen LogP contribution is 2.29. The van der Waals surface area contributed by atoms with Crippen molar-refractivity contribution in [1.82, 2.24) is 14.5 Å². The van der Waals surface area contributed by atoms with E-state index in [2.05, 4.69) is 22.2 Å². The lowest BCUT2D eigenvalue weighted by Gasteiger charge is -2.38. The molecule has 4 rings (SSSR count). The molecule has 1 atom stereocenters. The second-order valence-electron chi connectivity index (χ2n) is 9.25. The Balaban J connectivity index is 0.000000759. The SMILES string of the molecule is C=C(C/C=C/n1ccncc1=N)N1CCN(c2ccc(N3CC(CCC)OC3=O)cc2F)CC1.CCC=O.NC=O. The smallest absolute Gasteiger partial charge is 0.414 e. The molecule has 41 heavy (non-hydrogen) atoms. The van der Waals surface area contributed by atoms with Gasteiger partial charge in [-0.05, 0) is 24.6 Å². The number of rotatable bonds is 9. The van der Waals surface area contributed by atoms with E-state index in [9.17, 15) is 14.0 Å². The van der Waals surface area contributed by atoms with Crippen LogP contribution in [0, 0.1) is 11.2 Å². The van der Waals surface area contributed by atoms with Crippen LogP contribution in [0.25, 0.3) is 6.20 Å². The van der Waals surface area contributed by atoms with Gasteiger partial charge >= 0.3 is 6.09 Å². The van der Waals surface area contributed by atoms with Crippen molar-refractivity contribution in [3.05, 3.63) is 66.4 Å². The molecule has 0 radical (unpaired) electrons. The Kier molecular flexibility index (Phi) is 13.8. The summed E-state index contributed by atoms with van der Waals surface area (Å²) < 4.78 is 22.1. The van der Waals surface area contributed by atoms with Gasteiger partial charge in [-0.3, -0.25) is 20.1 Å². The van der Waals surface area contributed by atoms with Gasteiger partial charge in [-0.2, -0.15) is 0 Å². The Morgan fingerprint density at radius 2 is 1.93 bits per heavy atom. The topological polar surface area (TPSA) is 138 Å². The van der Waals surface area contributed by atoms with Crippen molar-refractivity contribution in [2.45, 2.75) is 45.6 Å². The first-order valence-corrected chi connectivity index (χ1v) is 13.6. The van der Waals surface area contributed by atoms with Gasteiger partial charge in [0.1, 0.15) is 23.7 Å². The maximum Gasteiger partial charge on any atom is 0.414 e. The van der Waals surface area contributed by atoms with E-state index in [0.29, 0.717) is 49.3 Å². The van der Waals surface area contributed by atoms with Gasteiger partial charge in [0.05, 0.1) is 24.1 Å². The molecular formula is C29H40FN7O4. The maximum atomic E-state index is 15.0. The van der Waals surface area contributed by atoms with Gasteiger partial charge in [0.15, 0.2) is 0 Å². The lowest BCUT2D eigenvalue weighted by atomic mass is 10.1. The van der Waals surface area contributed by atoms with Gasteiger partial charge in [-0.25, -0.2) is 9.18 Å². The number of nitrogens with two attached hydrogens (primary N) is 1. The number of cyclic esters (lactones) is 1. The molecule has 2 aliphatic rings. The molecule has 2 amide bonds. The van der Waals surface area contributed by atoms with Crippen LogP contribution in [0.5, 0.6) is 0 Å². The number of carbonyl (C=O) groups is 3. The molecule has 1 unspecified atom stereocenters. The largest absolute Gasteiger partial charge is 0.444 e.